The van der Waals surface area contributed by atoms with E-state index in [2.05, 4.69) is 25.5 Å². The molecule has 1 aromatic carbocycles. The van der Waals surface area contributed by atoms with Crippen LogP contribution >= 0.6 is 11.6 Å². The van der Waals surface area contributed by atoms with Crippen LogP contribution in [0.2, 0.25) is 5.02 Å². The quantitative estimate of drug-likeness (QED) is 0.763. The van der Waals surface area contributed by atoms with Gasteiger partial charge in [-0.3, -0.25) is 5.10 Å². The summed E-state index contributed by atoms with van der Waals surface area (Å²) in [6, 6.07) is 6.06. The van der Waals surface area contributed by atoms with Crippen molar-refractivity contribution in [3.63, 3.8) is 0 Å². The van der Waals surface area contributed by atoms with Crippen LogP contribution in [0.3, 0.4) is 0 Å². The van der Waals surface area contributed by atoms with Gasteiger partial charge >= 0.3 is 0 Å². The van der Waals surface area contributed by atoms with Crippen LogP contribution in [0.15, 0.2) is 30.7 Å². The van der Waals surface area contributed by atoms with Crippen LogP contribution in [0.25, 0.3) is 10.9 Å². The first-order chi connectivity index (χ1) is 10.3. The highest BCUT2D eigenvalue weighted by Crippen LogP contribution is 2.26. The average molecular weight is 300 g/mol. The van der Waals surface area contributed by atoms with E-state index >= 15 is 0 Å². The van der Waals surface area contributed by atoms with Crippen molar-refractivity contribution in [2.45, 2.75) is 25.3 Å². The number of hydrogen-bond donors (Lipinski definition) is 2. The Bertz CT molecular complexity index is 798. The van der Waals surface area contributed by atoms with Crippen LogP contribution in [-0.4, -0.2) is 26.2 Å². The molecule has 2 N–H and O–H groups in total. The first-order valence-corrected chi connectivity index (χ1v) is 7.35. The normalized spacial score (nSPS) is 17.7. The zero-order valence-electron chi connectivity index (χ0n) is 11.3. The van der Waals surface area contributed by atoms with E-state index < -0.39 is 0 Å². The van der Waals surface area contributed by atoms with Crippen LogP contribution < -0.4 is 5.32 Å². The third kappa shape index (κ3) is 2.34. The molecule has 0 saturated carbocycles. The lowest BCUT2D eigenvalue weighted by molar-refractivity contribution is 0.603. The Morgan fingerprint density at radius 2 is 2.24 bits per heavy atom. The third-order valence-electron chi connectivity index (χ3n) is 3.96. The van der Waals surface area contributed by atoms with E-state index in [9.17, 15) is 0 Å². The predicted molar refractivity (Wildman–Crippen MR) is 82.6 cm³/mol. The highest BCUT2D eigenvalue weighted by Gasteiger charge is 2.20. The molecule has 0 saturated heterocycles. The molecular formula is C15H14ClN5. The van der Waals surface area contributed by atoms with Gasteiger partial charge in [-0.15, -0.1) is 0 Å². The van der Waals surface area contributed by atoms with Gasteiger partial charge in [0.25, 0.3) is 0 Å². The third-order valence-corrected chi connectivity index (χ3v) is 4.19. The topological polar surface area (TPSA) is 66.5 Å². The summed E-state index contributed by atoms with van der Waals surface area (Å²) in [7, 11) is 0. The molecule has 2 heterocycles. The van der Waals surface area contributed by atoms with Crippen molar-refractivity contribution in [3.8, 4) is 0 Å². The molecule has 1 aliphatic rings. The zero-order valence-corrected chi connectivity index (χ0v) is 12.1. The molecule has 2 aromatic heterocycles. The second kappa shape index (κ2) is 5.00. The molecular weight excluding hydrogens is 286 g/mol. The van der Waals surface area contributed by atoms with Crippen LogP contribution in [0.5, 0.6) is 0 Å². The van der Waals surface area contributed by atoms with Gasteiger partial charge in [-0.2, -0.15) is 5.10 Å². The minimum absolute atomic E-state index is 0.365. The number of anilines is 1. The molecule has 0 bridgehead atoms. The number of fused-ring (bicyclic) bond motifs is 2. The van der Waals surface area contributed by atoms with E-state index in [4.69, 9.17) is 11.6 Å². The van der Waals surface area contributed by atoms with E-state index in [0.717, 1.165) is 36.0 Å². The molecule has 0 amide bonds. The Balaban J connectivity index is 1.63. The summed E-state index contributed by atoms with van der Waals surface area (Å²) in [5.74, 6) is 0.869. The lowest BCUT2D eigenvalue weighted by atomic mass is 9.93. The monoisotopic (exact) mass is 299 g/mol. The van der Waals surface area contributed by atoms with Crippen LogP contribution in [-0.2, 0) is 12.8 Å². The van der Waals surface area contributed by atoms with E-state index in [0.29, 0.717) is 11.1 Å². The Kier molecular flexibility index (Phi) is 3.00. The number of benzene rings is 1. The highest BCUT2D eigenvalue weighted by atomic mass is 35.5. The molecule has 5 nitrogen and oxygen atoms in total. The Morgan fingerprint density at radius 3 is 3.19 bits per heavy atom. The summed E-state index contributed by atoms with van der Waals surface area (Å²) in [5.41, 5.74) is 3.41. The molecule has 0 spiro atoms. The van der Waals surface area contributed by atoms with Crippen LogP contribution in [0.4, 0.5) is 5.82 Å². The lowest BCUT2D eigenvalue weighted by Crippen LogP contribution is -2.27. The summed E-state index contributed by atoms with van der Waals surface area (Å²) in [6.45, 7) is 0. The van der Waals surface area contributed by atoms with Crippen LogP contribution in [0, 0.1) is 0 Å². The average Bonchev–Trinajstić information content (AvgIpc) is 2.95. The summed E-state index contributed by atoms with van der Waals surface area (Å²) < 4.78 is 0. The van der Waals surface area contributed by atoms with Crippen molar-refractivity contribution in [2.75, 3.05) is 5.32 Å². The minimum atomic E-state index is 0.365. The highest BCUT2D eigenvalue weighted by molar-refractivity contribution is 6.31. The standard InChI is InChI=1S/C15H14ClN5/c16-10-1-3-12-14(6-10)17-8-18-15(12)20-11-2-4-13-9(5-11)7-19-21-13/h1,3,6-8,11H,2,4-5H2,(H,19,21)(H,17,18,20). The van der Waals surface area contributed by atoms with Crippen molar-refractivity contribution in [1.29, 1.82) is 0 Å². The second-order valence-electron chi connectivity index (χ2n) is 5.34. The smallest absolute Gasteiger partial charge is 0.137 e. The van der Waals surface area contributed by atoms with Crippen LogP contribution in [0.1, 0.15) is 17.7 Å². The maximum atomic E-state index is 6.02. The fraction of sp³-hybridized carbons (Fsp3) is 0.267. The Morgan fingerprint density at radius 1 is 1.29 bits per heavy atom. The molecule has 0 fully saturated rings. The number of halogens is 1. The number of rotatable bonds is 2. The Labute approximate surface area is 126 Å². The van der Waals surface area contributed by atoms with Crippen molar-refractivity contribution < 1.29 is 0 Å². The van der Waals surface area contributed by atoms with Gasteiger partial charge < -0.3 is 5.32 Å². The maximum absolute atomic E-state index is 6.02. The molecule has 3 aromatic rings. The van der Waals surface area contributed by atoms with Crippen molar-refractivity contribution in [1.82, 2.24) is 20.2 Å². The number of aromatic nitrogens is 4. The Hall–Kier alpha value is -2.14. The molecule has 1 atom stereocenters. The maximum Gasteiger partial charge on any atom is 0.137 e. The van der Waals surface area contributed by atoms with Gasteiger partial charge in [-0.25, -0.2) is 9.97 Å². The van der Waals surface area contributed by atoms with Gasteiger partial charge in [-0.05, 0) is 43.0 Å². The van der Waals surface area contributed by atoms with Gasteiger partial charge in [0.1, 0.15) is 12.1 Å². The summed E-state index contributed by atoms with van der Waals surface area (Å²) in [5, 5.41) is 12.4. The summed E-state index contributed by atoms with van der Waals surface area (Å²) in [6.07, 6.45) is 6.54. The molecule has 0 aliphatic heterocycles. The molecule has 0 radical (unpaired) electrons. The SMILES string of the molecule is Clc1ccc2c(NC3CCc4[nH]ncc4C3)ncnc2c1. The molecule has 106 valence electrons. The summed E-state index contributed by atoms with van der Waals surface area (Å²) >= 11 is 6.02. The van der Waals surface area contributed by atoms with E-state index in [1.165, 1.54) is 11.3 Å². The molecule has 1 unspecified atom stereocenters. The number of hydrogen-bond acceptors (Lipinski definition) is 4. The molecule has 1 aliphatic carbocycles. The second-order valence-corrected chi connectivity index (χ2v) is 5.78. The number of nitrogens with zero attached hydrogens (tertiary/aromatic N) is 3. The molecule has 21 heavy (non-hydrogen) atoms. The fourth-order valence-electron chi connectivity index (χ4n) is 2.88. The fourth-order valence-corrected chi connectivity index (χ4v) is 3.04. The van der Waals surface area contributed by atoms with E-state index in [1.807, 2.05) is 24.4 Å². The van der Waals surface area contributed by atoms with E-state index in [1.54, 1.807) is 6.33 Å². The number of aromatic amines is 1. The molecule has 4 rings (SSSR count). The first-order valence-electron chi connectivity index (χ1n) is 6.97. The number of nitrogens with one attached hydrogen (secondary N) is 2. The van der Waals surface area contributed by atoms with Gasteiger partial charge in [0.2, 0.25) is 0 Å². The molecule has 6 heteroatoms. The summed E-state index contributed by atoms with van der Waals surface area (Å²) in [4.78, 5) is 8.66. The first kappa shape index (κ1) is 12.6. The van der Waals surface area contributed by atoms with Crippen molar-refractivity contribution in [2.24, 2.45) is 0 Å². The van der Waals surface area contributed by atoms with Gasteiger partial charge in [0, 0.05) is 22.1 Å². The predicted octanol–water partition coefficient (Wildman–Crippen LogP) is 2.98. The van der Waals surface area contributed by atoms with Gasteiger partial charge in [0.05, 0.1) is 11.7 Å². The zero-order chi connectivity index (χ0) is 14.2. The lowest BCUT2D eigenvalue weighted by Gasteiger charge is -2.23. The van der Waals surface area contributed by atoms with Gasteiger partial charge in [-0.1, -0.05) is 11.6 Å². The number of H-pyrrole nitrogens is 1. The minimum Gasteiger partial charge on any atom is -0.366 e. The van der Waals surface area contributed by atoms with Crippen molar-refractivity contribution >= 4 is 28.3 Å². The van der Waals surface area contributed by atoms with E-state index in [-0.39, 0.29) is 0 Å². The van der Waals surface area contributed by atoms with Crippen molar-refractivity contribution in [3.05, 3.63) is 47.0 Å². The van der Waals surface area contributed by atoms with Gasteiger partial charge in [0.15, 0.2) is 0 Å². The number of aryl methyl sites for hydroxylation is 1. The largest absolute Gasteiger partial charge is 0.366 e.